The van der Waals surface area contributed by atoms with E-state index in [0.29, 0.717) is 0 Å². The number of pyridine rings is 2. The number of carbonyl (C=O) groups is 2. The summed E-state index contributed by atoms with van der Waals surface area (Å²) in [6.45, 7) is 0. The van der Waals surface area contributed by atoms with Crippen molar-refractivity contribution in [2.45, 2.75) is 0 Å². The zero-order valence-electron chi connectivity index (χ0n) is 10.1. The van der Waals surface area contributed by atoms with Crippen LogP contribution in [0.1, 0.15) is 21.0 Å². The zero-order valence-corrected chi connectivity index (χ0v) is 11.5. The van der Waals surface area contributed by atoms with E-state index >= 15 is 0 Å². The van der Waals surface area contributed by atoms with Crippen molar-refractivity contribution in [3.05, 3.63) is 60.2 Å². The number of nitrogens with zero attached hydrogens (tertiary/aromatic N) is 2. The van der Waals surface area contributed by atoms with Crippen molar-refractivity contribution in [3.63, 3.8) is 0 Å². The molecule has 2 aromatic rings. The first-order chi connectivity index (χ1) is 8.61. The summed E-state index contributed by atoms with van der Waals surface area (Å²) in [7, 11) is 0. The molecule has 0 aliphatic carbocycles. The van der Waals surface area contributed by atoms with Gasteiger partial charge in [0.1, 0.15) is 0 Å². The van der Waals surface area contributed by atoms with Gasteiger partial charge in [0.25, 0.3) is 0 Å². The van der Waals surface area contributed by atoms with Crippen LogP contribution in [-0.2, 0) is 18.6 Å². The second kappa shape index (κ2) is 10.7. The van der Waals surface area contributed by atoms with Crippen LogP contribution in [0.2, 0.25) is 0 Å². The summed E-state index contributed by atoms with van der Waals surface area (Å²) >= 11 is 0. The van der Waals surface area contributed by atoms with Gasteiger partial charge < -0.3 is 25.3 Å². The molecule has 1 radical (unpaired) electrons. The summed E-state index contributed by atoms with van der Waals surface area (Å²) in [5.41, 5.74) is -0.0602. The number of carbonyl (C=O) groups excluding carboxylic acids is 2. The van der Waals surface area contributed by atoms with Gasteiger partial charge in [-0.25, -0.2) is 0 Å². The molecule has 2 heterocycles. The number of hydrogen-bond acceptors (Lipinski definition) is 6. The second-order valence-corrected chi connectivity index (χ2v) is 3.00. The molecule has 0 spiro atoms. The van der Waals surface area contributed by atoms with Gasteiger partial charge in [-0.1, -0.05) is 12.1 Å². The van der Waals surface area contributed by atoms with E-state index in [2.05, 4.69) is 9.97 Å². The van der Waals surface area contributed by atoms with E-state index in [4.69, 9.17) is 0 Å². The molecule has 2 rings (SSSR count). The second-order valence-electron chi connectivity index (χ2n) is 3.00. The molecular weight excluding hydrogens is 303 g/mol. The Hall–Kier alpha value is -2.22. The fourth-order valence-corrected chi connectivity index (χ4v) is 0.967. The monoisotopic (exact) mass is 313 g/mol. The van der Waals surface area contributed by atoms with Crippen LogP contribution in [-0.4, -0.2) is 27.4 Å². The first-order valence-corrected chi connectivity index (χ1v) is 4.86. The van der Waals surface area contributed by atoms with Gasteiger partial charge in [-0.15, -0.1) is 0 Å². The average Bonchev–Trinajstić information content (AvgIpc) is 2.41. The molecule has 0 fully saturated rings. The van der Waals surface area contributed by atoms with E-state index in [0.717, 1.165) is 0 Å². The molecule has 2 N–H and O–H groups in total. The van der Waals surface area contributed by atoms with Gasteiger partial charge >= 0.3 is 18.6 Å². The van der Waals surface area contributed by atoms with Crippen molar-refractivity contribution in [1.82, 2.24) is 9.97 Å². The molecule has 0 aromatic carbocycles. The molecule has 0 saturated heterocycles. The fraction of sp³-hybridized carbons (Fsp3) is 0. The molecule has 2 aromatic heterocycles. The molecule has 0 bridgehead atoms. The Morgan fingerprint density at radius 1 is 0.800 bits per heavy atom. The van der Waals surface area contributed by atoms with Gasteiger partial charge in [-0.2, -0.15) is 0 Å². The topological polar surface area (TPSA) is 138 Å². The Morgan fingerprint density at radius 3 is 1.30 bits per heavy atom. The predicted molar refractivity (Wildman–Crippen MR) is 60.7 cm³/mol. The zero-order chi connectivity index (χ0) is 13.4. The van der Waals surface area contributed by atoms with Gasteiger partial charge in [0.15, 0.2) is 0 Å². The molecule has 20 heavy (non-hydrogen) atoms. The normalized spacial score (nSPS) is 8.00. The van der Waals surface area contributed by atoms with Gasteiger partial charge in [0.2, 0.25) is 0 Å². The maximum Gasteiger partial charge on any atom is 2.00 e. The van der Waals surface area contributed by atoms with Crippen LogP contribution in [0.5, 0.6) is 0 Å². The summed E-state index contributed by atoms with van der Waals surface area (Å²) in [6, 6.07) is 9.25. The van der Waals surface area contributed by atoms with E-state index in [9.17, 15) is 19.8 Å². The third kappa shape index (κ3) is 7.27. The number of aromatic carboxylic acids is 2. The molecule has 103 valence electrons. The van der Waals surface area contributed by atoms with Crippen LogP contribution >= 0.6 is 0 Å². The first-order valence-electron chi connectivity index (χ1n) is 4.86. The van der Waals surface area contributed by atoms with Crippen LogP contribution < -0.4 is 10.2 Å². The van der Waals surface area contributed by atoms with Gasteiger partial charge in [0, 0.05) is 12.4 Å². The van der Waals surface area contributed by atoms with Gasteiger partial charge in [0.05, 0.1) is 23.3 Å². The van der Waals surface area contributed by atoms with Crippen LogP contribution in [0.25, 0.3) is 0 Å². The quantitative estimate of drug-likeness (QED) is 0.632. The Labute approximate surface area is 126 Å². The summed E-state index contributed by atoms with van der Waals surface area (Å²) < 4.78 is 0. The van der Waals surface area contributed by atoms with E-state index in [-0.39, 0.29) is 35.4 Å². The van der Waals surface area contributed by atoms with Crippen molar-refractivity contribution in [1.29, 1.82) is 0 Å². The molecule has 0 atom stereocenters. The minimum absolute atomic E-state index is 0. The molecule has 7 nitrogen and oxygen atoms in total. The maximum atomic E-state index is 10.0. The standard InChI is InChI=1S/2C6H5NO2.H2O.V/c2*8-6(9)5-3-1-2-4-7-5;;/h2*1-4H,(H,8,9);1H2;/q;;;+2/p-2. The van der Waals surface area contributed by atoms with E-state index in [1.807, 2.05) is 0 Å². The Morgan fingerprint density at radius 2 is 1.15 bits per heavy atom. The number of carboxylic acids is 2. The third-order valence-corrected chi connectivity index (χ3v) is 1.75. The maximum absolute atomic E-state index is 10.0. The predicted octanol–water partition coefficient (Wildman–Crippen LogP) is -1.94. The van der Waals surface area contributed by atoms with E-state index < -0.39 is 11.9 Å². The fourth-order valence-electron chi connectivity index (χ4n) is 0.967. The number of aromatic nitrogens is 2. The summed E-state index contributed by atoms with van der Waals surface area (Å²) in [5.74, 6) is -2.48. The third-order valence-electron chi connectivity index (χ3n) is 1.75. The minimum Gasteiger partial charge on any atom is -0.543 e. The minimum atomic E-state index is -1.24. The molecule has 0 aliphatic rings. The molecule has 0 aliphatic heterocycles. The average molecular weight is 313 g/mol. The van der Waals surface area contributed by atoms with Crippen molar-refractivity contribution in [2.24, 2.45) is 0 Å². The largest absolute Gasteiger partial charge is 2.00 e. The Balaban J connectivity index is 0. The van der Waals surface area contributed by atoms with Crippen LogP contribution in [0.15, 0.2) is 48.8 Å². The number of carboxylic acid groups (broad SMARTS) is 2. The summed E-state index contributed by atoms with van der Waals surface area (Å²) in [4.78, 5) is 27.1. The van der Waals surface area contributed by atoms with E-state index in [1.54, 1.807) is 24.3 Å². The van der Waals surface area contributed by atoms with Crippen LogP contribution in [0.4, 0.5) is 0 Å². The van der Waals surface area contributed by atoms with Gasteiger partial charge in [-0.3, -0.25) is 9.97 Å². The molecular formula is C12H10N2O5V. The Bertz CT molecular complexity index is 472. The van der Waals surface area contributed by atoms with Crippen molar-refractivity contribution in [2.75, 3.05) is 0 Å². The molecule has 8 heteroatoms. The SMILES string of the molecule is O.O=C([O-])c1ccccn1.O=C([O-])c1ccccn1.[V+2]. The number of hydrogen-bond donors (Lipinski definition) is 0. The molecule has 0 unspecified atom stereocenters. The summed E-state index contributed by atoms with van der Waals surface area (Å²) in [6.07, 6.45) is 2.82. The van der Waals surface area contributed by atoms with Crippen LogP contribution in [0, 0.1) is 0 Å². The summed E-state index contributed by atoms with van der Waals surface area (Å²) in [5, 5.41) is 20.1. The smallest absolute Gasteiger partial charge is 0.543 e. The van der Waals surface area contributed by atoms with Crippen molar-refractivity contribution >= 4 is 11.9 Å². The van der Waals surface area contributed by atoms with Gasteiger partial charge in [-0.05, 0) is 24.3 Å². The Kier molecular flexibility index (Phi) is 10.7. The number of rotatable bonds is 2. The van der Waals surface area contributed by atoms with E-state index in [1.165, 1.54) is 24.5 Å². The van der Waals surface area contributed by atoms with Crippen LogP contribution in [0.3, 0.4) is 0 Å². The molecule has 0 saturated carbocycles. The van der Waals surface area contributed by atoms with Crippen molar-refractivity contribution < 1.29 is 43.8 Å². The van der Waals surface area contributed by atoms with Crippen molar-refractivity contribution in [3.8, 4) is 0 Å². The molecule has 0 amide bonds. The first kappa shape index (κ1) is 20.1.